The number of hydrogen-bond acceptors (Lipinski definition) is 5. The van der Waals surface area contributed by atoms with E-state index in [1.54, 1.807) is 7.11 Å². The molecule has 1 saturated heterocycles. The van der Waals surface area contributed by atoms with Gasteiger partial charge >= 0.3 is 0 Å². The zero-order chi connectivity index (χ0) is 12.1. The molecule has 1 fully saturated rings. The van der Waals surface area contributed by atoms with Crippen LogP contribution in [0, 0.1) is 6.92 Å². The Morgan fingerprint density at radius 1 is 1.47 bits per heavy atom. The SMILES string of the molecule is COc1ncnc(NCC2CCCCN2)c1C. The Morgan fingerprint density at radius 2 is 2.35 bits per heavy atom. The highest BCUT2D eigenvalue weighted by Gasteiger charge is 2.13. The Bertz CT molecular complexity index is 364. The minimum absolute atomic E-state index is 0.545. The van der Waals surface area contributed by atoms with E-state index >= 15 is 0 Å². The average molecular weight is 236 g/mol. The molecule has 0 saturated carbocycles. The summed E-state index contributed by atoms with van der Waals surface area (Å²) in [7, 11) is 1.63. The predicted octanol–water partition coefficient (Wildman–Crippen LogP) is 1.35. The Hall–Kier alpha value is -1.36. The minimum atomic E-state index is 0.545. The molecule has 0 spiro atoms. The van der Waals surface area contributed by atoms with Crippen molar-refractivity contribution in [2.24, 2.45) is 0 Å². The van der Waals surface area contributed by atoms with Crippen molar-refractivity contribution in [2.75, 3.05) is 25.5 Å². The first kappa shape index (κ1) is 12.1. The van der Waals surface area contributed by atoms with E-state index in [1.165, 1.54) is 25.6 Å². The first-order valence-electron chi connectivity index (χ1n) is 6.14. The molecule has 1 unspecified atom stereocenters. The van der Waals surface area contributed by atoms with E-state index in [-0.39, 0.29) is 0 Å². The summed E-state index contributed by atoms with van der Waals surface area (Å²) in [5, 5.41) is 6.86. The zero-order valence-corrected chi connectivity index (χ0v) is 10.5. The molecule has 1 aromatic heterocycles. The van der Waals surface area contributed by atoms with E-state index in [9.17, 15) is 0 Å². The number of piperidine rings is 1. The van der Waals surface area contributed by atoms with Crippen LogP contribution in [0.15, 0.2) is 6.33 Å². The van der Waals surface area contributed by atoms with E-state index in [1.807, 2.05) is 6.92 Å². The van der Waals surface area contributed by atoms with Gasteiger partial charge in [-0.1, -0.05) is 6.42 Å². The summed E-state index contributed by atoms with van der Waals surface area (Å²) in [5.41, 5.74) is 0.964. The van der Waals surface area contributed by atoms with Crippen LogP contribution in [-0.4, -0.2) is 36.2 Å². The van der Waals surface area contributed by atoms with Crippen LogP contribution >= 0.6 is 0 Å². The van der Waals surface area contributed by atoms with Gasteiger partial charge in [0.05, 0.1) is 12.7 Å². The molecule has 2 rings (SSSR count). The quantitative estimate of drug-likeness (QED) is 0.826. The monoisotopic (exact) mass is 236 g/mol. The first-order valence-corrected chi connectivity index (χ1v) is 6.14. The molecular formula is C12H20N4O. The van der Waals surface area contributed by atoms with Gasteiger partial charge in [-0.2, -0.15) is 0 Å². The van der Waals surface area contributed by atoms with Crippen molar-refractivity contribution in [3.63, 3.8) is 0 Å². The fourth-order valence-corrected chi connectivity index (χ4v) is 2.14. The molecular weight excluding hydrogens is 216 g/mol. The second kappa shape index (κ2) is 5.82. The molecule has 2 N–H and O–H groups in total. The summed E-state index contributed by atoms with van der Waals surface area (Å²) < 4.78 is 5.17. The van der Waals surface area contributed by atoms with E-state index < -0.39 is 0 Å². The Morgan fingerprint density at radius 3 is 3.06 bits per heavy atom. The third-order valence-corrected chi connectivity index (χ3v) is 3.16. The molecule has 0 aliphatic carbocycles. The van der Waals surface area contributed by atoms with Crippen molar-refractivity contribution in [1.82, 2.24) is 15.3 Å². The third kappa shape index (κ3) is 3.06. The Kier molecular flexibility index (Phi) is 4.14. The third-order valence-electron chi connectivity index (χ3n) is 3.16. The summed E-state index contributed by atoms with van der Waals surface area (Å²) in [6, 6.07) is 0.545. The lowest BCUT2D eigenvalue weighted by atomic mass is 10.1. The maximum Gasteiger partial charge on any atom is 0.221 e. The number of ether oxygens (including phenoxy) is 1. The molecule has 0 aromatic carbocycles. The van der Waals surface area contributed by atoms with Gasteiger partial charge in [-0.25, -0.2) is 9.97 Å². The van der Waals surface area contributed by atoms with Gasteiger partial charge in [0, 0.05) is 12.6 Å². The van der Waals surface area contributed by atoms with Gasteiger partial charge in [-0.05, 0) is 26.3 Å². The van der Waals surface area contributed by atoms with Crippen LogP contribution in [-0.2, 0) is 0 Å². The van der Waals surface area contributed by atoms with Crippen LogP contribution in [0.2, 0.25) is 0 Å². The van der Waals surface area contributed by atoms with Gasteiger partial charge in [0.1, 0.15) is 12.1 Å². The molecule has 0 bridgehead atoms. The van der Waals surface area contributed by atoms with E-state index in [2.05, 4.69) is 20.6 Å². The summed E-state index contributed by atoms with van der Waals surface area (Å²) in [6.07, 6.45) is 5.36. The number of nitrogens with zero attached hydrogens (tertiary/aromatic N) is 2. The van der Waals surface area contributed by atoms with Crippen molar-refractivity contribution < 1.29 is 4.74 Å². The van der Waals surface area contributed by atoms with E-state index in [0.717, 1.165) is 24.5 Å². The standard InChI is InChI=1S/C12H20N4O/c1-9-11(15-8-16-12(9)17-2)14-7-10-5-3-4-6-13-10/h8,10,13H,3-7H2,1-2H3,(H,14,15,16). The Labute approximate surface area is 102 Å². The molecule has 1 aromatic rings. The first-order chi connectivity index (χ1) is 8.31. The summed E-state index contributed by atoms with van der Waals surface area (Å²) in [6.45, 7) is 3.99. The van der Waals surface area contributed by atoms with Gasteiger partial charge in [0.2, 0.25) is 5.88 Å². The van der Waals surface area contributed by atoms with Crippen molar-refractivity contribution in [3.05, 3.63) is 11.9 Å². The van der Waals surface area contributed by atoms with Gasteiger partial charge < -0.3 is 15.4 Å². The second-order valence-corrected chi connectivity index (χ2v) is 4.38. The van der Waals surface area contributed by atoms with Gasteiger partial charge in [0.15, 0.2) is 0 Å². The number of hydrogen-bond donors (Lipinski definition) is 2. The van der Waals surface area contributed by atoms with Crippen LogP contribution in [0.3, 0.4) is 0 Å². The van der Waals surface area contributed by atoms with Crippen molar-refractivity contribution in [1.29, 1.82) is 0 Å². The highest BCUT2D eigenvalue weighted by atomic mass is 16.5. The highest BCUT2D eigenvalue weighted by molar-refractivity contribution is 5.47. The minimum Gasteiger partial charge on any atom is -0.481 e. The van der Waals surface area contributed by atoms with E-state index in [4.69, 9.17) is 4.74 Å². The Balaban J connectivity index is 1.93. The highest BCUT2D eigenvalue weighted by Crippen LogP contribution is 2.19. The molecule has 0 amide bonds. The second-order valence-electron chi connectivity index (χ2n) is 4.38. The predicted molar refractivity (Wildman–Crippen MR) is 67.5 cm³/mol. The van der Waals surface area contributed by atoms with E-state index in [0.29, 0.717) is 11.9 Å². The molecule has 2 heterocycles. The lowest BCUT2D eigenvalue weighted by Gasteiger charge is -2.24. The number of aromatic nitrogens is 2. The number of methoxy groups -OCH3 is 1. The average Bonchev–Trinajstić information content (AvgIpc) is 2.39. The summed E-state index contributed by atoms with van der Waals surface area (Å²) >= 11 is 0. The van der Waals surface area contributed by atoms with Crippen molar-refractivity contribution >= 4 is 5.82 Å². The topological polar surface area (TPSA) is 59.1 Å². The van der Waals surface area contributed by atoms with Crippen molar-refractivity contribution in [3.8, 4) is 5.88 Å². The number of anilines is 1. The summed E-state index contributed by atoms with van der Waals surface area (Å²) in [5.74, 6) is 1.50. The molecule has 0 radical (unpaired) electrons. The van der Waals surface area contributed by atoms with Crippen LogP contribution in [0.5, 0.6) is 5.88 Å². The van der Waals surface area contributed by atoms with Gasteiger partial charge in [0.25, 0.3) is 0 Å². The summed E-state index contributed by atoms with van der Waals surface area (Å²) in [4.78, 5) is 8.30. The van der Waals surface area contributed by atoms with Crippen LogP contribution in [0.4, 0.5) is 5.82 Å². The van der Waals surface area contributed by atoms with Gasteiger partial charge in [-0.15, -0.1) is 0 Å². The smallest absolute Gasteiger partial charge is 0.221 e. The van der Waals surface area contributed by atoms with Gasteiger partial charge in [-0.3, -0.25) is 0 Å². The number of nitrogens with one attached hydrogen (secondary N) is 2. The van der Waals surface area contributed by atoms with Crippen LogP contribution in [0.1, 0.15) is 24.8 Å². The molecule has 1 aliphatic heterocycles. The molecule has 5 nitrogen and oxygen atoms in total. The van der Waals surface area contributed by atoms with Crippen LogP contribution < -0.4 is 15.4 Å². The molecule has 94 valence electrons. The van der Waals surface area contributed by atoms with Crippen molar-refractivity contribution in [2.45, 2.75) is 32.2 Å². The maximum absolute atomic E-state index is 5.17. The largest absolute Gasteiger partial charge is 0.481 e. The molecule has 5 heteroatoms. The lowest BCUT2D eigenvalue weighted by Crippen LogP contribution is -2.39. The van der Waals surface area contributed by atoms with Crippen LogP contribution in [0.25, 0.3) is 0 Å². The molecule has 1 aliphatic rings. The fraction of sp³-hybridized carbons (Fsp3) is 0.667. The lowest BCUT2D eigenvalue weighted by molar-refractivity contribution is 0.393. The zero-order valence-electron chi connectivity index (χ0n) is 10.5. The maximum atomic E-state index is 5.17. The normalized spacial score (nSPS) is 20.0. The number of rotatable bonds is 4. The molecule has 17 heavy (non-hydrogen) atoms. The molecule has 1 atom stereocenters. The fourth-order valence-electron chi connectivity index (χ4n) is 2.14.